The highest BCUT2D eigenvalue weighted by molar-refractivity contribution is 5.96. The lowest BCUT2D eigenvalue weighted by atomic mass is 10.0. The summed E-state index contributed by atoms with van der Waals surface area (Å²) in [5.74, 6) is -1.16. The molecule has 2 saturated heterocycles. The van der Waals surface area contributed by atoms with E-state index in [4.69, 9.17) is 24.4 Å². The van der Waals surface area contributed by atoms with Gasteiger partial charge in [0.25, 0.3) is 0 Å². The Morgan fingerprint density at radius 2 is 1.95 bits per heavy atom. The number of amides is 1. The number of aryl methyl sites for hydroxylation is 1. The lowest BCUT2D eigenvalue weighted by Gasteiger charge is -2.20. The van der Waals surface area contributed by atoms with Crippen LogP contribution in [0.4, 0.5) is 18.9 Å². The summed E-state index contributed by atoms with van der Waals surface area (Å²) in [4.78, 5) is 28.1. The fourth-order valence-corrected chi connectivity index (χ4v) is 5.10. The Balaban J connectivity index is 0.000000426. The second-order valence-electron chi connectivity index (χ2n) is 9.69. The number of aliphatic carboxylic acids is 1. The maximum Gasteiger partial charge on any atom is 0.490 e. The number of alkyl halides is 3. The van der Waals surface area contributed by atoms with Gasteiger partial charge in [0.2, 0.25) is 5.91 Å². The molecule has 3 N–H and O–H groups in total. The molecule has 0 radical (unpaired) electrons. The summed E-state index contributed by atoms with van der Waals surface area (Å²) < 4.78 is 43.6. The third kappa shape index (κ3) is 6.77. The Morgan fingerprint density at radius 1 is 1.21 bits per heavy atom. The molecule has 1 amide bonds. The van der Waals surface area contributed by atoms with Crippen LogP contribution in [0.3, 0.4) is 0 Å². The number of nitrogens with one attached hydrogen (secondary N) is 2. The van der Waals surface area contributed by atoms with Gasteiger partial charge in [-0.15, -0.1) is 0 Å². The molecule has 1 atom stereocenters. The molecule has 1 aliphatic carbocycles. The first-order chi connectivity index (χ1) is 18.2. The second kappa shape index (κ2) is 12.1. The maximum atomic E-state index is 11.7. The number of rotatable bonds is 8. The van der Waals surface area contributed by atoms with Gasteiger partial charge in [0.05, 0.1) is 25.3 Å². The zero-order valence-corrected chi connectivity index (χ0v) is 21.3. The van der Waals surface area contributed by atoms with E-state index in [-0.39, 0.29) is 11.9 Å². The topological polar surface area (TPSA) is 113 Å². The molecule has 38 heavy (non-hydrogen) atoms. The number of nitrogens with zero attached hydrogens (tertiary/aromatic N) is 2. The SMILES string of the molecule is COc1cc2c(NC3CNC(=O)C3)c3c(nc2cc1OCCCN1CCCC1)CCC3.O=C(O)C(F)(F)F. The van der Waals surface area contributed by atoms with E-state index >= 15 is 0 Å². The van der Waals surface area contributed by atoms with Gasteiger partial charge < -0.3 is 30.1 Å². The molecule has 9 nitrogen and oxygen atoms in total. The average Bonchev–Trinajstić information content (AvgIpc) is 3.63. The fourth-order valence-electron chi connectivity index (χ4n) is 5.10. The zero-order valence-electron chi connectivity index (χ0n) is 21.3. The number of carboxylic acid groups (broad SMARTS) is 1. The highest BCUT2D eigenvalue weighted by Crippen LogP contribution is 2.40. The summed E-state index contributed by atoms with van der Waals surface area (Å²) in [6.07, 6.45) is 2.20. The standard InChI is InChI=1S/C24H32N4O3.C2HF3O2/c1-30-21-13-18-20(14-22(21)31-11-5-10-28-8-2-3-9-28)27-19-7-4-6-17(19)24(18)26-16-12-23(29)25-15-16;3-2(4,5)1(6)7/h13-14,16H,2-12,15H2,1H3,(H,25,29)(H,26,27);(H,6,7). The lowest BCUT2D eigenvalue weighted by molar-refractivity contribution is -0.192. The molecule has 0 bridgehead atoms. The van der Waals surface area contributed by atoms with Gasteiger partial charge in [-0.25, -0.2) is 4.79 Å². The van der Waals surface area contributed by atoms with Crippen LogP contribution in [-0.2, 0) is 22.4 Å². The Kier molecular flexibility index (Phi) is 8.80. The highest BCUT2D eigenvalue weighted by Gasteiger charge is 2.38. The number of carbonyl (C=O) groups excluding carboxylic acids is 1. The molecule has 2 aromatic rings. The molecule has 0 spiro atoms. The average molecular weight is 539 g/mol. The first-order valence-corrected chi connectivity index (χ1v) is 12.9. The van der Waals surface area contributed by atoms with Crippen molar-refractivity contribution in [3.63, 3.8) is 0 Å². The van der Waals surface area contributed by atoms with Gasteiger partial charge in [-0.1, -0.05) is 0 Å². The summed E-state index contributed by atoms with van der Waals surface area (Å²) >= 11 is 0. The van der Waals surface area contributed by atoms with Gasteiger partial charge in [-0.3, -0.25) is 9.78 Å². The molecule has 12 heteroatoms. The van der Waals surface area contributed by atoms with Gasteiger partial charge >= 0.3 is 12.1 Å². The Morgan fingerprint density at radius 3 is 2.58 bits per heavy atom. The van der Waals surface area contributed by atoms with E-state index in [1.54, 1.807) is 7.11 Å². The lowest BCUT2D eigenvalue weighted by Crippen LogP contribution is -2.23. The molecule has 1 aromatic heterocycles. The summed E-state index contributed by atoms with van der Waals surface area (Å²) in [6.45, 7) is 4.85. The number of anilines is 1. The van der Waals surface area contributed by atoms with Gasteiger partial charge in [0.15, 0.2) is 11.5 Å². The van der Waals surface area contributed by atoms with Crippen molar-refractivity contribution in [3.05, 3.63) is 23.4 Å². The summed E-state index contributed by atoms with van der Waals surface area (Å²) in [7, 11) is 1.69. The summed E-state index contributed by atoms with van der Waals surface area (Å²) in [5.41, 5.74) is 4.49. The van der Waals surface area contributed by atoms with Crippen molar-refractivity contribution in [1.29, 1.82) is 0 Å². The third-order valence-electron chi connectivity index (χ3n) is 6.94. The van der Waals surface area contributed by atoms with Crippen molar-refractivity contribution in [1.82, 2.24) is 15.2 Å². The van der Waals surface area contributed by atoms with Crippen molar-refractivity contribution in [2.45, 2.75) is 57.2 Å². The van der Waals surface area contributed by atoms with E-state index in [1.165, 1.54) is 31.5 Å². The van der Waals surface area contributed by atoms with E-state index in [9.17, 15) is 18.0 Å². The number of aromatic nitrogens is 1. The molecule has 3 aliphatic rings. The molecular weight excluding hydrogens is 505 g/mol. The zero-order chi connectivity index (χ0) is 27.3. The molecule has 5 rings (SSSR count). The number of ether oxygens (including phenoxy) is 2. The largest absolute Gasteiger partial charge is 0.493 e. The van der Waals surface area contributed by atoms with Crippen molar-refractivity contribution in [3.8, 4) is 11.5 Å². The molecule has 208 valence electrons. The number of fused-ring (bicyclic) bond motifs is 2. The fraction of sp³-hybridized carbons (Fsp3) is 0.577. The minimum atomic E-state index is -5.08. The van der Waals surface area contributed by atoms with Gasteiger partial charge in [0, 0.05) is 42.3 Å². The van der Waals surface area contributed by atoms with E-state index in [2.05, 4.69) is 15.5 Å². The smallest absolute Gasteiger partial charge is 0.490 e. The number of likely N-dealkylation sites (tertiary alicyclic amines) is 1. The number of hydrogen-bond acceptors (Lipinski definition) is 7. The third-order valence-corrected chi connectivity index (χ3v) is 6.94. The molecular formula is C26H33F3N4O5. The van der Waals surface area contributed by atoms with Crippen LogP contribution in [0.1, 0.15) is 43.4 Å². The van der Waals surface area contributed by atoms with Crippen molar-refractivity contribution < 1.29 is 37.3 Å². The second-order valence-corrected chi connectivity index (χ2v) is 9.69. The normalized spacial score (nSPS) is 19.1. The number of methoxy groups -OCH3 is 1. The number of hydrogen-bond donors (Lipinski definition) is 3. The molecule has 0 saturated carbocycles. The molecule has 2 fully saturated rings. The number of benzene rings is 1. The van der Waals surface area contributed by atoms with Gasteiger partial charge in [-0.2, -0.15) is 13.2 Å². The Hall–Kier alpha value is -3.28. The van der Waals surface area contributed by atoms with Gasteiger partial charge in [-0.05, 0) is 63.2 Å². The van der Waals surface area contributed by atoms with Crippen molar-refractivity contribution >= 4 is 28.5 Å². The number of carbonyl (C=O) groups is 2. The van der Waals surface area contributed by atoms with Crippen molar-refractivity contribution in [2.75, 3.05) is 45.2 Å². The number of pyridine rings is 1. The summed E-state index contributed by atoms with van der Waals surface area (Å²) in [5, 5.41) is 14.7. The first-order valence-electron chi connectivity index (χ1n) is 12.9. The van der Waals surface area contributed by atoms with E-state index < -0.39 is 12.1 Å². The minimum absolute atomic E-state index is 0.106. The monoisotopic (exact) mass is 538 g/mol. The van der Waals surface area contributed by atoms with E-state index in [0.717, 1.165) is 66.0 Å². The summed E-state index contributed by atoms with van der Waals surface area (Å²) in [6, 6.07) is 4.17. The van der Waals surface area contributed by atoms with Crippen LogP contribution in [-0.4, -0.2) is 79.0 Å². The van der Waals surface area contributed by atoms with Crippen LogP contribution in [0, 0.1) is 0 Å². The molecule has 3 heterocycles. The van der Waals surface area contributed by atoms with Crippen LogP contribution >= 0.6 is 0 Å². The van der Waals surface area contributed by atoms with Crippen LogP contribution < -0.4 is 20.1 Å². The number of carboxylic acids is 1. The molecule has 2 aliphatic heterocycles. The van der Waals surface area contributed by atoms with Gasteiger partial charge in [0.1, 0.15) is 0 Å². The van der Waals surface area contributed by atoms with Crippen LogP contribution in [0.5, 0.6) is 11.5 Å². The minimum Gasteiger partial charge on any atom is -0.493 e. The Labute approximate surface area is 218 Å². The first kappa shape index (κ1) is 27.7. The van der Waals surface area contributed by atoms with Crippen LogP contribution in [0.15, 0.2) is 12.1 Å². The molecule has 1 unspecified atom stereocenters. The predicted octanol–water partition coefficient (Wildman–Crippen LogP) is 3.53. The van der Waals surface area contributed by atoms with Crippen LogP contribution in [0.2, 0.25) is 0 Å². The number of halogens is 3. The highest BCUT2D eigenvalue weighted by atomic mass is 19.4. The van der Waals surface area contributed by atoms with Crippen molar-refractivity contribution in [2.24, 2.45) is 0 Å². The molecule has 1 aromatic carbocycles. The van der Waals surface area contributed by atoms with E-state index in [1.807, 2.05) is 12.1 Å². The van der Waals surface area contributed by atoms with E-state index in [0.29, 0.717) is 19.6 Å². The van der Waals surface area contributed by atoms with Crippen LogP contribution in [0.25, 0.3) is 10.9 Å². The maximum absolute atomic E-state index is 11.7. The Bertz CT molecular complexity index is 1170. The predicted molar refractivity (Wildman–Crippen MR) is 135 cm³/mol. The quantitative estimate of drug-likeness (QED) is 0.438.